The van der Waals surface area contributed by atoms with Gasteiger partial charge in [-0.15, -0.1) is 11.3 Å². The third kappa shape index (κ3) is 5.63. The highest BCUT2D eigenvalue weighted by Gasteiger charge is 2.19. The Morgan fingerprint density at radius 2 is 1.62 bits per heavy atom. The van der Waals surface area contributed by atoms with Crippen LogP contribution in [0.5, 0.6) is 11.5 Å². The van der Waals surface area contributed by atoms with E-state index in [1.54, 1.807) is 31.2 Å². The van der Waals surface area contributed by atoms with Gasteiger partial charge in [-0.1, -0.05) is 60.1 Å². The summed E-state index contributed by atoms with van der Waals surface area (Å²) in [6.45, 7) is 1.66. The molecule has 1 N–H and O–H groups in total. The molecule has 1 amide bonds. The van der Waals surface area contributed by atoms with Gasteiger partial charge >= 0.3 is 5.97 Å². The molecule has 4 aromatic carbocycles. The number of halogens is 1. The van der Waals surface area contributed by atoms with Gasteiger partial charge in [0.05, 0.1) is 11.2 Å². The van der Waals surface area contributed by atoms with E-state index >= 15 is 0 Å². The minimum absolute atomic E-state index is 0.358. The molecule has 0 spiro atoms. The molecule has 0 radical (unpaired) electrons. The Morgan fingerprint density at radius 3 is 2.41 bits per heavy atom. The van der Waals surface area contributed by atoms with Crippen LogP contribution in [0.3, 0.4) is 0 Å². The maximum absolute atomic E-state index is 12.6. The Bertz CT molecular complexity index is 1630. The number of carbonyl (C=O) groups excluding carboxylic acids is 2. The zero-order chi connectivity index (χ0) is 25.8. The van der Waals surface area contributed by atoms with Crippen molar-refractivity contribution in [2.75, 3.05) is 0 Å². The van der Waals surface area contributed by atoms with E-state index < -0.39 is 12.1 Å². The molecule has 0 fully saturated rings. The van der Waals surface area contributed by atoms with Crippen LogP contribution in [0.25, 0.3) is 20.9 Å². The first kappa shape index (κ1) is 24.5. The minimum atomic E-state index is -0.735. The fraction of sp³-hybridized carbons (Fsp3) is 0.0690. The monoisotopic (exact) mass is 528 g/mol. The summed E-state index contributed by atoms with van der Waals surface area (Å²) in [4.78, 5) is 25.4. The predicted molar refractivity (Wildman–Crippen MR) is 148 cm³/mol. The third-order valence-electron chi connectivity index (χ3n) is 5.60. The highest BCUT2D eigenvalue weighted by atomic mass is 35.5. The summed E-state index contributed by atoms with van der Waals surface area (Å²) < 4.78 is 12.2. The molecule has 5 rings (SSSR count). The fourth-order valence-electron chi connectivity index (χ4n) is 3.68. The van der Waals surface area contributed by atoms with E-state index in [-0.39, 0.29) is 5.91 Å². The van der Waals surface area contributed by atoms with Gasteiger partial charge in [0.25, 0.3) is 5.91 Å². The summed E-state index contributed by atoms with van der Waals surface area (Å²) in [7, 11) is 0. The Morgan fingerprint density at radius 1 is 0.919 bits per heavy atom. The van der Waals surface area contributed by atoms with Gasteiger partial charge in [0.1, 0.15) is 16.4 Å². The molecule has 1 atom stereocenters. The molecular weight excluding hydrogens is 508 g/mol. The lowest BCUT2D eigenvalue weighted by Gasteiger charge is -2.13. The minimum Gasteiger partial charge on any atom is -0.481 e. The average molecular weight is 529 g/mol. The van der Waals surface area contributed by atoms with Crippen molar-refractivity contribution in [2.45, 2.75) is 13.0 Å². The number of carbonyl (C=O) groups is 2. The molecule has 5 aromatic rings. The molecule has 1 unspecified atom stereocenters. The molecule has 1 heterocycles. The number of hydrogen-bond acceptors (Lipinski definition) is 6. The normalized spacial score (nSPS) is 12.1. The van der Waals surface area contributed by atoms with Crippen molar-refractivity contribution in [3.05, 3.63) is 106 Å². The Balaban J connectivity index is 1.15. The summed E-state index contributed by atoms with van der Waals surface area (Å²) in [5.74, 6) is 0.0833. The number of hydrogen-bond donors (Lipinski definition) is 1. The standard InChI is InChI=1S/C29H21ClN2O4S/c1-18(35-23-15-12-20-6-2-3-7-21(20)16-23)28(33)32-31-17-19-10-13-22(14-11-19)36-29(34)27-26(30)24-8-4-5-9-25(24)37-27/h2-18H,1H3,(H,32,33). The van der Waals surface area contributed by atoms with Crippen LogP contribution in [-0.2, 0) is 4.79 Å². The Hall–Kier alpha value is -4.20. The van der Waals surface area contributed by atoms with Gasteiger partial charge in [-0.3, -0.25) is 4.79 Å². The number of thiophene rings is 1. The van der Waals surface area contributed by atoms with Crippen LogP contribution in [0, 0.1) is 0 Å². The molecule has 37 heavy (non-hydrogen) atoms. The largest absolute Gasteiger partial charge is 0.481 e. The predicted octanol–water partition coefficient (Wildman–Crippen LogP) is 6.84. The van der Waals surface area contributed by atoms with Crippen LogP contribution in [-0.4, -0.2) is 24.2 Å². The number of nitrogens with zero attached hydrogens (tertiary/aromatic N) is 1. The summed E-state index contributed by atoms with van der Waals surface area (Å²) in [5, 5.41) is 7.35. The van der Waals surface area contributed by atoms with Crippen LogP contribution in [0.15, 0.2) is 96.1 Å². The fourth-order valence-corrected chi connectivity index (χ4v) is 5.07. The van der Waals surface area contributed by atoms with Crippen LogP contribution in [0.1, 0.15) is 22.2 Å². The summed E-state index contributed by atoms with van der Waals surface area (Å²) in [6, 6.07) is 27.9. The Kier molecular flexibility index (Phi) is 7.16. The third-order valence-corrected chi connectivity index (χ3v) is 7.26. The highest BCUT2D eigenvalue weighted by molar-refractivity contribution is 7.21. The van der Waals surface area contributed by atoms with Crippen LogP contribution >= 0.6 is 22.9 Å². The van der Waals surface area contributed by atoms with Crippen molar-refractivity contribution < 1.29 is 19.1 Å². The van der Waals surface area contributed by atoms with E-state index in [0.717, 1.165) is 20.9 Å². The number of fused-ring (bicyclic) bond motifs is 2. The highest BCUT2D eigenvalue weighted by Crippen LogP contribution is 2.35. The molecule has 0 aliphatic carbocycles. The van der Waals surface area contributed by atoms with Gasteiger partial charge in [0, 0.05) is 10.1 Å². The van der Waals surface area contributed by atoms with Crippen molar-refractivity contribution in [3.8, 4) is 11.5 Å². The van der Waals surface area contributed by atoms with Crippen molar-refractivity contribution in [1.29, 1.82) is 0 Å². The molecule has 0 bridgehead atoms. The summed E-state index contributed by atoms with van der Waals surface area (Å²) in [6.07, 6.45) is 0.760. The molecule has 184 valence electrons. The smallest absolute Gasteiger partial charge is 0.355 e. The van der Waals surface area contributed by atoms with Gasteiger partial charge in [0.15, 0.2) is 6.10 Å². The molecule has 8 heteroatoms. The lowest BCUT2D eigenvalue weighted by Crippen LogP contribution is -2.33. The zero-order valence-corrected chi connectivity index (χ0v) is 21.3. The van der Waals surface area contributed by atoms with Gasteiger partial charge in [0.2, 0.25) is 0 Å². The second-order valence-corrected chi connectivity index (χ2v) is 9.63. The maximum atomic E-state index is 12.6. The lowest BCUT2D eigenvalue weighted by molar-refractivity contribution is -0.127. The van der Waals surface area contributed by atoms with Crippen LogP contribution in [0.2, 0.25) is 5.02 Å². The van der Waals surface area contributed by atoms with Crippen LogP contribution < -0.4 is 14.9 Å². The first-order valence-corrected chi connectivity index (χ1v) is 12.6. The van der Waals surface area contributed by atoms with Crippen LogP contribution in [0.4, 0.5) is 0 Å². The lowest BCUT2D eigenvalue weighted by atomic mass is 10.1. The first-order chi connectivity index (χ1) is 18.0. The van der Waals surface area contributed by atoms with E-state index in [1.165, 1.54) is 17.6 Å². The average Bonchev–Trinajstić information content (AvgIpc) is 3.26. The summed E-state index contributed by atoms with van der Waals surface area (Å²) in [5.41, 5.74) is 3.19. The SMILES string of the molecule is CC(Oc1ccc2ccccc2c1)C(=O)NN=Cc1ccc(OC(=O)c2sc3ccccc3c2Cl)cc1. The zero-order valence-electron chi connectivity index (χ0n) is 19.7. The molecule has 0 aliphatic heterocycles. The maximum Gasteiger partial charge on any atom is 0.355 e. The van der Waals surface area contributed by atoms with Gasteiger partial charge in [-0.2, -0.15) is 5.10 Å². The van der Waals surface area contributed by atoms with Crippen molar-refractivity contribution in [1.82, 2.24) is 5.43 Å². The van der Waals surface area contributed by atoms with E-state index in [0.29, 0.717) is 27.0 Å². The topological polar surface area (TPSA) is 77.0 Å². The number of esters is 1. The second-order valence-electron chi connectivity index (χ2n) is 8.20. The van der Waals surface area contributed by atoms with Gasteiger partial charge in [-0.25, -0.2) is 10.2 Å². The van der Waals surface area contributed by atoms with E-state index in [1.807, 2.05) is 66.7 Å². The van der Waals surface area contributed by atoms with E-state index in [2.05, 4.69) is 10.5 Å². The molecule has 0 aliphatic rings. The Labute approximate surface area is 222 Å². The van der Waals surface area contributed by atoms with Crippen molar-refractivity contribution in [2.24, 2.45) is 5.10 Å². The molecular formula is C29H21ClN2O4S. The molecule has 6 nitrogen and oxygen atoms in total. The van der Waals surface area contributed by atoms with E-state index in [4.69, 9.17) is 21.1 Å². The number of benzene rings is 4. The number of ether oxygens (including phenoxy) is 2. The van der Waals surface area contributed by atoms with Crippen molar-refractivity contribution in [3.63, 3.8) is 0 Å². The van der Waals surface area contributed by atoms with Gasteiger partial charge < -0.3 is 9.47 Å². The quantitative estimate of drug-likeness (QED) is 0.108. The summed E-state index contributed by atoms with van der Waals surface area (Å²) >= 11 is 7.66. The number of hydrazone groups is 1. The van der Waals surface area contributed by atoms with Crippen molar-refractivity contribution >= 4 is 61.9 Å². The molecule has 0 saturated carbocycles. The second kappa shape index (κ2) is 10.8. The molecule has 0 saturated heterocycles. The number of amides is 1. The first-order valence-electron chi connectivity index (χ1n) is 11.5. The number of rotatable bonds is 7. The molecule has 1 aromatic heterocycles. The number of nitrogens with one attached hydrogen (secondary N) is 1. The van der Waals surface area contributed by atoms with Gasteiger partial charge in [-0.05, 0) is 65.7 Å². The van der Waals surface area contributed by atoms with E-state index in [9.17, 15) is 9.59 Å².